The molecule has 0 fully saturated rings. The summed E-state index contributed by atoms with van der Waals surface area (Å²) in [5.74, 6) is 0.0926. The van der Waals surface area contributed by atoms with Crippen molar-refractivity contribution in [3.63, 3.8) is 0 Å². The van der Waals surface area contributed by atoms with Crippen molar-refractivity contribution >= 4 is 39.5 Å². The van der Waals surface area contributed by atoms with Gasteiger partial charge in [-0.1, -0.05) is 50.2 Å². The Morgan fingerprint density at radius 1 is 0.971 bits per heavy atom. The number of carbonyl (C=O) groups is 3. The van der Waals surface area contributed by atoms with E-state index in [1.807, 2.05) is 62.4 Å². The van der Waals surface area contributed by atoms with Crippen molar-refractivity contribution in [3.8, 4) is 0 Å². The van der Waals surface area contributed by atoms with Gasteiger partial charge in [0.25, 0.3) is 11.8 Å². The predicted molar refractivity (Wildman–Crippen MR) is 130 cm³/mol. The van der Waals surface area contributed by atoms with E-state index in [2.05, 4.69) is 15.3 Å². The molecule has 7 nitrogen and oxygen atoms in total. The molecule has 2 heterocycles. The Labute approximate surface area is 197 Å². The minimum absolute atomic E-state index is 0.131. The van der Waals surface area contributed by atoms with Crippen molar-refractivity contribution in [2.24, 2.45) is 5.92 Å². The molecule has 3 aromatic carbocycles. The number of nitrogens with one attached hydrogen (secondary N) is 2. The molecule has 3 amide bonds. The van der Waals surface area contributed by atoms with Crippen LogP contribution in [0.4, 0.5) is 0 Å². The van der Waals surface area contributed by atoms with Crippen LogP contribution in [-0.4, -0.2) is 39.1 Å². The largest absolute Gasteiger partial charge is 0.346 e. The van der Waals surface area contributed by atoms with E-state index >= 15 is 0 Å². The van der Waals surface area contributed by atoms with E-state index in [4.69, 9.17) is 0 Å². The van der Waals surface area contributed by atoms with Crippen molar-refractivity contribution in [3.05, 3.63) is 77.6 Å². The van der Waals surface area contributed by atoms with Crippen LogP contribution in [0.2, 0.25) is 0 Å². The Morgan fingerprint density at radius 3 is 2.29 bits per heavy atom. The van der Waals surface area contributed by atoms with Gasteiger partial charge < -0.3 is 10.3 Å². The van der Waals surface area contributed by atoms with Gasteiger partial charge in [-0.05, 0) is 42.0 Å². The molecule has 1 aliphatic rings. The van der Waals surface area contributed by atoms with Gasteiger partial charge in [0.15, 0.2) is 0 Å². The summed E-state index contributed by atoms with van der Waals surface area (Å²) in [6.07, 6.45) is 0.582. The number of hydrogen-bond donors (Lipinski definition) is 2. The van der Waals surface area contributed by atoms with Gasteiger partial charge in [-0.15, -0.1) is 0 Å². The number of rotatable bonds is 7. The lowest BCUT2D eigenvalue weighted by molar-refractivity contribution is -0.122. The average molecular weight is 455 g/mol. The molecule has 34 heavy (non-hydrogen) atoms. The zero-order valence-electron chi connectivity index (χ0n) is 19.2. The maximum atomic E-state index is 13.0. The lowest BCUT2D eigenvalue weighted by atomic mass is 9.94. The Morgan fingerprint density at radius 2 is 1.65 bits per heavy atom. The molecule has 7 heteroatoms. The molecule has 172 valence electrons. The summed E-state index contributed by atoms with van der Waals surface area (Å²) in [5, 5.41) is 4.65. The standard InChI is InChI=1S/C27H26N4O3/c1-16(2)24(25-28-20-12-3-4-13-21(20)29-25)30-22(32)14-7-15-31-26(33)18-10-5-8-17-9-6-11-19(23(17)18)27(31)34/h3-6,8-13,16,24H,7,14-15H2,1-2H3,(H,28,29)(H,30,32)/t24-/m0/s1. The van der Waals surface area contributed by atoms with Gasteiger partial charge in [-0.25, -0.2) is 4.98 Å². The SMILES string of the molecule is CC(C)[C@H](NC(=O)CCCN1C(=O)c2cccc3cccc(c23)C1=O)c1nc2ccccc2[nH]1. The summed E-state index contributed by atoms with van der Waals surface area (Å²) in [6, 6.07) is 18.4. The van der Waals surface area contributed by atoms with Crippen LogP contribution in [0.25, 0.3) is 21.8 Å². The number of imide groups is 1. The average Bonchev–Trinajstić information content (AvgIpc) is 3.26. The van der Waals surface area contributed by atoms with E-state index in [0.717, 1.165) is 22.2 Å². The van der Waals surface area contributed by atoms with Gasteiger partial charge in [0.05, 0.1) is 17.1 Å². The van der Waals surface area contributed by atoms with Crippen molar-refractivity contribution in [2.45, 2.75) is 32.7 Å². The summed E-state index contributed by atoms with van der Waals surface area (Å²) in [6.45, 7) is 4.25. The summed E-state index contributed by atoms with van der Waals surface area (Å²) in [7, 11) is 0. The smallest absolute Gasteiger partial charge is 0.261 e. The molecule has 1 aromatic heterocycles. The van der Waals surface area contributed by atoms with E-state index in [9.17, 15) is 14.4 Å². The quantitative estimate of drug-likeness (QED) is 0.399. The predicted octanol–water partition coefficient (Wildman–Crippen LogP) is 4.61. The summed E-state index contributed by atoms with van der Waals surface area (Å²) >= 11 is 0. The van der Waals surface area contributed by atoms with Crippen LogP contribution in [0.1, 0.15) is 59.3 Å². The third-order valence-corrected chi connectivity index (χ3v) is 6.33. The molecule has 0 radical (unpaired) electrons. The minimum atomic E-state index is -0.308. The number of aromatic nitrogens is 2. The molecule has 1 atom stereocenters. The number of fused-ring (bicyclic) bond motifs is 1. The van der Waals surface area contributed by atoms with E-state index in [1.54, 1.807) is 12.1 Å². The Balaban J connectivity index is 1.25. The van der Waals surface area contributed by atoms with E-state index in [1.165, 1.54) is 4.90 Å². The number of benzene rings is 3. The highest BCUT2D eigenvalue weighted by Crippen LogP contribution is 2.30. The second-order valence-corrected chi connectivity index (χ2v) is 9.00. The number of hydrogen-bond acceptors (Lipinski definition) is 4. The van der Waals surface area contributed by atoms with E-state index in [0.29, 0.717) is 22.9 Å². The van der Waals surface area contributed by atoms with Gasteiger partial charge in [0.1, 0.15) is 5.82 Å². The fourth-order valence-electron chi connectivity index (χ4n) is 4.60. The minimum Gasteiger partial charge on any atom is -0.346 e. The summed E-state index contributed by atoms with van der Waals surface area (Å²) in [4.78, 5) is 48.0. The van der Waals surface area contributed by atoms with Gasteiger partial charge in [0, 0.05) is 29.5 Å². The van der Waals surface area contributed by atoms with Gasteiger partial charge in [-0.2, -0.15) is 0 Å². The molecule has 0 bridgehead atoms. The van der Waals surface area contributed by atoms with Crippen LogP contribution in [-0.2, 0) is 4.79 Å². The van der Waals surface area contributed by atoms with Crippen LogP contribution in [0.3, 0.4) is 0 Å². The molecule has 0 spiro atoms. The van der Waals surface area contributed by atoms with Crippen molar-refractivity contribution in [1.29, 1.82) is 0 Å². The topological polar surface area (TPSA) is 95.2 Å². The van der Waals surface area contributed by atoms with Crippen LogP contribution in [0.5, 0.6) is 0 Å². The molecule has 4 aromatic rings. The Bertz CT molecular complexity index is 1340. The first-order valence-electron chi connectivity index (χ1n) is 11.6. The molecule has 0 aliphatic carbocycles. The van der Waals surface area contributed by atoms with Crippen molar-refractivity contribution in [1.82, 2.24) is 20.2 Å². The number of para-hydroxylation sites is 2. The van der Waals surface area contributed by atoms with Crippen molar-refractivity contribution < 1.29 is 14.4 Å². The van der Waals surface area contributed by atoms with Crippen LogP contribution < -0.4 is 5.32 Å². The van der Waals surface area contributed by atoms with Crippen molar-refractivity contribution in [2.75, 3.05) is 6.54 Å². The van der Waals surface area contributed by atoms with Crippen LogP contribution in [0.15, 0.2) is 60.7 Å². The molecular formula is C27H26N4O3. The highest BCUT2D eigenvalue weighted by atomic mass is 16.2. The fraction of sp³-hybridized carbons (Fsp3) is 0.259. The Hall–Kier alpha value is -4.00. The molecule has 5 rings (SSSR count). The first-order valence-corrected chi connectivity index (χ1v) is 11.6. The maximum Gasteiger partial charge on any atom is 0.261 e. The molecular weight excluding hydrogens is 428 g/mol. The Kier molecular flexibility index (Phi) is 5.61. The fourth-order valence-corrected chi connectivity index (χ4v) is 4.60. The van der Waals surface area contributed by atoms with Crippen LogP contribution in [0, 0.1) is 5.92 Å². The second kappa shape index (κ2) is 8.74. The first-order chi connectivity index (χ1) is 16.4. The third kappa shape index (κ3) is 3.83. The maximum absolute atomic E-state index is 13.0. The number of imidazole rings is 1. The molecule has 2 N–H and O–H groups in total. The van der Waals surface area contributed by atoms with E-state index in [-0.39, 0.29) is 42.6 Å². The lowest BCUT2D eigenvalue weighted by Gasteiger charge is -2.27. The first kappa shape index (κ1) is 21.8. The third-order valence-electron chi connectivity index (χ3n) is 6.33. The lowest BCUT2D eigenvalue weighted by Crippen LogP contribution is -2.41. The normalized spacial score (nSPS) is 14.3. The van der Waals surface area contributed by atoms with Gasteiger partial charge in [0.2, 0.25) is 5.91 Å². The number of amides is 3. The number of aromatic amines is 1. The number of H-pyrrole nitrogens is 1. The number of carbonyl (C=O) groups excluding carboxylic acids is 3. The monoisotopic (exact) mass is 454 g/mol. The zero-order valence-corrected chi connectivity index (χ0v) is 19.2. The van der Waals surface area contributed by atoms with Gasteiger partial charge >= 0.3 is 0 Å². The second-order valence-electron chi connectivity index (χ2n) is 9.00. The molecule has 0 unspecified atom stereocenters. The zero-order chi connectivity index (χ0) is 23.8. The molecule has 0 saturated carbocycles. The highest BCUT2D eigenvalue weighted by molar-refractivity contribution is 6.25. The summed E-state index contributed by atoms with van der Waals surface area (Å²) in [5.41, 5.74) is 2.84. The number of nitrogens with zero attached hydrogens (tertiary/aromatic N) is 2. The van der Waals surface area contributed by atoms with E-state index < -0.39 is 0 Å². The summed E-state index contributed by atoms with van der Waals surface area (Å²) < 4.78 is 0. The van der Waals surface area contributed by atoms with Crippen LogP contribution >= 0.6 is 0 Å². The molecule has 1 aliphatic heterocycles. The molecule has 0 saturated heterocycles. The highest BCUT2D eigenvalue weighted by Gasteiger charge is 2.32. The van der Waals surface area contributed by atoms with Gasteiger partial charge in [-0.3, -0.25) is 19.3 Å².